The number of carbonyl (C=O) groups excluding carboxylic acids is 3. The molecule has 120 valence electrons. The van der Waals surface area contributed by atoms with Crippen LogP contribution in [0.5, 0.6) is 11.5 Å². The summed E-state index contributed by atoms with van der Waals surface area (Å²) in [5.74, 6) is -1.04. The van der Waals surface area contributed by atoms with Crippen LogP contribution in [0.15, 0.2) is 18.2 Å². The third kappa shape index (κ3) is 4.11. The van der Waals surface area contributed by atoms with Crippen LogP contribution in [0, 0.1) is 0 Å². The highest BCUT2D eigenvalue weighted by atomic mass is 16.6. The second kappa shape index (κ2) is 7.87. The fourth-order valence-corrected chi connectivity index (χ4v) is 1.60. The first kappa shape index (κ1) is 17.3. The van der Waals surface area contributed by atoms with Gasteiger partial charge in [0, 0.05) is 7.05 Å². The molecule has 0 heterocycles. The summed E-state index contributed by atoms with van der Waals surface area (Å²) < 4.78 is 15.2. The Labute approximate surface area is 127 Å². The summed E-state index contributed by atoms with van der Waals surface area (Å²) in [7, 11) is 4.15. The number of methoxy groups -OCH3 is 2. The van der Waals surface area contributed by atoms with Crippen molar-refractivity contribution >= 4 is 17.9 Å². The van der Waals surface area contributed by atoms with E-state index in [-0.39, 0.29) is 17.1 Å². The Bertz CT molecular complexity index is 550. The molecule has 22 heavy (non-hydrogen) atoms. The van der Waals surface area contributed by atoms with Gasteiger partial charge in [-0.3, -0.25) is 10.1 Å². The number of imide groups is 1. The molecule has 0 radical (unpaired) electrons. The lowest BCUT2D eigenvalue weighted by Gasteiger charge is -2.15. The van der Waals surface area contributed by atoms with E-state index in [2.05, 4.69) is 5.32 Å². The SMILES string of the molecule is CNC(=O)NC(=O)C(C)OC(=O)c1c(OC)cccc1OC. The van der Waals surface area contributed by atoms with E-state index in [1.54, 1.807) is 18.2 Å². The van der Waals surface area contributed by atoms with Crippen LogP contribution in [0.2, 0.25) is 0 Å². The second-order valence-corrected chi connectivity index (χ2v) is 4.15. The molecule has 0 aliphatic heterocycles. The molecule has 0 aliphatic rings. The van der Waals surface area contributed by atoms with Crippen LogP contribution in [0.25, 0.3) is 0 Å². The van der Waals surface area contributed by atoms with E-state index in [1.807, 2.05) is 5.32 Å². The zero-order valence-corrected chi connectivity index (χ0v) is 12.8. The lowest BCUT2D eigenvalue weighted by atomic mass is 10.1. The molecule has 1 rings (SSSR count). The van der Waals surface area contributed by atoms with E-state index in [9.17, 15) is 14.4 Å². The summed E-state index contributed by atoms with van der Waals surface area (Å²) in [4.78, 5) is 34.9. The van der Waals surface area contributed by atoms with Gasteiger partial charge in [-0.2, -0.15) is 0 Å². The molecule has 1 aromatic rings. The smallest absolute Gasteiger partial charge is 0.346 e. The summed E-state index contributed by atoms with van der Waals surface area (Å²) >= 11 is 0. The van der Waals surface area contributed by atoms with Crippen molar-refractivity contribution in [2.45, 2.75) is 13.0 Å². The minimum absolute atomic E-state index is 0.0621. The molecule has 0 spiro atoms. The quantitative estimate of drug-likeness (QED) is 0.776. The first-order chi connectivity index (χ1) is 10.4. The van der Waals surface area contributed by atoms with E-state index >= 15 is 0 Å². The van der Waals surface area contributed by atoms with Gasteiger partial charge in [0.1, 0.15) is 17.1 Å². The average Bonchev–Trinajstić information content (AvgIpc) is 2.53. The number of esters is 1. The number of rotatable bonds is 5. The summed E-state index contributed by atoms with van der Waals surface area (Å²) in [5.41, 5.74) is 0.0621. The highest BCUT2D eigenvalue weighted by molar-refractivity contribution is 6.00. The number of ether oxygens (including phenoxy) is 3. The van der Waals surface area contributed by atoms with Crippen molar-refractivity contribution in [1.29, 1.82) is 0 Å². The van der Waals surface area contributed by atoms with Gasteiger partial charge in [0.2, 0.25) is 0 Å². The molecule has 1 atom stereocenters. The largest absolute Gasteiger partial charge is 0.496 e. The maximum Gasteiger partial charge on any atom is 0.346 e. The Hall–Kier alpha value is -2.77. The third-order valence-corrected chi connectivity index (χ3v) is 2.75. The fraction of sp³-hybridized carbons (Fsp3) is 0.357. The van der Waals surface area contributed by atoms with E-state index in [1.165, 1.54) is 28.2 Å². The van der Waals surface area contributed by atoms with Gasteiger partial charge in [0.15, 0.2) is 6.10 Å². The molecule has 1 aromatic carbocycles. The fourth-order valence-electron chi connectivity index (χ4n) is 1.60. The topological polar surface area (TPSA) is 103 Å². The number of urea groups is 1. The molecule has 3 amide bonds. The van der Waals surface area contributed by atoms with Crippen LogP contribution in [-0.4, -0.2) is 45.3 Å². The summed E-state index contributed by atoms with van der Waals surface area (Å²) in [6.45, 7) is 1.35. The normalized spacial score (nSPS) is 11.1. The maximum absolute atomic E-state index is 12.2. The number of carbonyl (C=O) groups is 3. The lowest BCUT2D eigenvalue weighted by Crippen LogP contribution is -2.43. The van der Waals surface area contributed by atoms with Crippen molar-refractivity contribution in [3.63, 3.8) is 0 Å². The van der Waals surface area contributed by atoms with Gasteiger partial charge < -0.3 is 19.5 Å². The zero-order chi connectivity index (χ0) is 16.7. The summed E-state index contributed by atoms with van der Waals surface area (Å²) in [5, 5.41) is 4.24. The monoisotopic (exact) mass is 310 g/mol. The minimum atomic E-state index is -1.17. The maximum atomic E-state index is 12.2. The van der Waals surface area contributed by atoms with Gasteiger partial charge in [-0.05, 0) is 19.1 Å². The number of benzene rings is 1. The van der Waals surface area contributed by atoms with Crippen molar-refractivity contribution in [3.8, 4) is 11.5 Å². The molecule has 1 unspecified atom stereocenters. The standard InChI is InChI=1S/C14H18N2O6/c1-8(12(17)16-14(19)15-2)22-13(18)11-9(20-3)6-5-7-10(11)21-4/h5-8H,1-4H3,(H2,15,16,17,19). The Kier molecular flexibility index (Phi) is 6.18. The van der Waals surface area contributed by atoms with Gasteiger partial charge in [0.05, 0.1) is 14.2 Å². The van der Waals surface area contributed by atoms with Crippen LogP contribution in [0.4, 0.5) is 4.79 Å². The lowest BCUT2D eigenvalue weighted by molar-refractivity contribution is -0.127. The third-order valence-electron chi connectivity index (χ3n) is 2.75. The van der Waals surface area contributed by atoms with E-state index in [0.717, 1.165) is 0 Å². The molecule has 8 nitrogen and oxygen atoms in total. The van der Waals surface area contributed by atoms with Crippen molar-refractivity contribution in [1.82, 2.24) is 10.6 Å². The van der Waals surface area contributed by atoms with Crippen molar-refractivity contribution in [2.75, 3.05) is 21.3 Å². The molecule has 2 N–H and O–H groups in total. The van der Waals surface area contributed by atoms with Gasteiger partial charge in [-0.25, -0.2) is 9.59 Å². The van der Waals surface area contributed by atoms with E-state index < -0.39 is 24.0 Å². The number of hydrogen-bond donors (Lipinski definition) is 2. The van der Waals surface area contributed by atoms with Crippen molar-refractivity contribution < 1.29 is 28.6 Å². The predicted octanol–water partition coefficient (Wildman–Crippen LogP) is 0.705. The molecular formula is C14H18N2O6. The molecule has 0 saturated carbocycles. The number of amides is 3. The molecule has 0 saturated heterocycles. The molecule has 8 heteroatoms. The number of hydrogen-bond acceptors (Lipinski definition) is 6. The summed E-state index contributed by atoms with van der Waals surface area (Å²) in [6, 6.07) is 4.08. The molecular weight excluding hydrogens is 292 g/mol. The van der Waals surface area contributed by atoms with Crippen LogP contribution >= 0.6 is 0 Å². The number of nitrogens with one attached hydrogen (secondary N) is 2. The van der Waals surface area contributed by atoms with E-state index in [0.29, 0.717) is 0 Å². The molecule has 0 aliphatic carbocycles. The van der Waals surface area contributed by atoms with Crippen molar-refractivity contribution in [3.05, 3.63) is 23.8 Å². The first-order valence-corrected chi connectivity index (χ1v) is 6.39. The summed E-state index contributed by atoms with van der Waals surface area (Å²) in [6.07, 6.45) is -1.17. The average molecular weight is 310 g/mol. The first-order valence-electron chi connectivity index (χ1n) is 6.39. The molecule has 0 bridgehead atoms. The van der Waals surface area contributed by atoms with Gasteiger partial charge >= 0.3 is 12.0 Å². The Morgan fingerprint density at radius 3 is 2.09 bits per heavy atom. The molecule has 0 aromatic heterocycles. The Balaban J connectivity index is 2.89. The predicted molar refractivity (Wildman–Crippen MR) is 77.0 cm³/mol. The highest BCUT2D eigenvalue weighted by Crippen LogP contribution is 2.29. The van der Waals surface area contributed by atoms with Gasteiger partial charge in [0.25, 0.3) is 5.91 Å². The zero-order valence-electron chi connectivity index (χ0n) is 12.8. The Morgan fingerprint density at radius 2 is 1.64 bits per heavy atom. The van der Waals surface area contributed by atoms with Crippen LogP contribution < -0.4 is 20.1 Å². The van der Waals surface area contributed by atoms with Crippen molar-refractivity contribution in [2.24, 2.45) is 0 Å². The highest BCUT2D eigenvalue weighted by Gasteiger charge is 2.25. The van der Waals surface area contributed by atoms with Crippen LogP contribution in [-0.2, 0) is 9.53 Å². The Morgan fingerprint density at radius 1 is 1.09 bits per heavy atom. The van der Waals surface area contributed by atoms with Gasteiger partial charge in [-0.1, -0.05) is 6.07 Å². The van der Waals surface area contributed by atoms with Crippen LogP contribution in [0.1, 0.15) is 17.3 Å². The molecule has 0 fully saturated rings. The van der Waals surface area contributed by atoms with Crippen LogP contribution in [0.3, 0.4) is 0 Å². The van der Waals surface area contributed by atoms with E-state index in [4.69, 9.17) is 14.2 Å². The van der Waals surface area contributed by atoms with Gasteiger partial charge in [-0.15, -0.1) is 0 Å². The minimum Gasteiger partial charge on any atom is -0.496 e. The second-order valence-electron chi connectivity index (χ2n) is 4.15.